The van der Waals surface area contributed by atoms with Gasteiger partial charge in [0.2, 0.25) is 0 Å². The van der Waals surface area contributed by atoms with Gasteiger partial charge < -0.3 is 5.32 Å². The molecule has 3 aromatic heterocycles. The lowest BCUT2D eigenvalue weighted by Gasteiger charge is -2.07. The fourth-order valence-corrected chi connectivity index (χ4v) is 3.31. The molecule has 6 nitrogen and oxygen atoms in total. The van der Waals surface area contributed by atoms with Crippen LogP contribution < -0.4 is 5.32 Å². The highest BCUT2D eigenvalue weighted by molar-refractivity contribution is 7.15. The number of aromatic nitrogens is 4. The summed E-state index contributed by atoms with van der Waals surface area (Å²) >= 11 is 1.52. The lowest BCUT2D eigenvalue weighted by Crippen LogP contribution is -2.25. The highest BCUT2D eigenvalue weighted by Crippen LogP contribution is 2.39. The molecule has 4 rings (SSSR count). The van der Waals surface area contributed by atoms with Crippen molar-refractivity contribution >= 4 is 22.2 Å². The van der Waals surface area contributed by atoms with Crippen LogP contribution in [0.5, 0.6) is 0 Å². The second kappa shape index (κ2) is 5.57. The topological polar surface area (TPSA) is 64.2 Å². The highest BCUT2D eigenvalue weighted by Gasteiger charge is 2.26. The molecule has 0 radical (unpaired) electrons. The molecule has 1 aliphatic rings. The van der Waals surface area contributed by atoms with E-state index in [0.29, 0.717) is 18.2 Å². The molecule has 0 aliphatic heterocycles. The maximum Gasteiger partial charge on any atom is 0.271 e. The summed E-state index contributed by atoms with van der Waals surface area (Å²) < 4.78 is 3.93. The van der Waals surface area contributed by atoms with Crippen molar-refractivity contribution in [3.05, 3.63) is 41.4 Å². The van der Waals surface area contributed by atoms with Crippen LogP contribution in [0.2, 0.25) is 0 Å². The van der Waals surface area contributed by atoms with Crippen molar-refractivity contribution in [1.29, 1.82) is 0 Å². The summed E-state index contributed by atoms with van der Waals surface area (Å²) in [6, 6.07) is 2.11. The number of thiazole rings is 1. The molecule has 1 fully saturated rings. The maximum absolute atomic E-state index is 12.1. The Balaban J connectivity index is 1.28. The Labute approximate surface area is 131 Å². The zero-order chi connectivity index (χ0) is 14.9. The van der Waals surface area contributed by atoms with Crippen LogP contribution >= 0.6 is 11.3 Å². The van der Waals surface area contributed by atoms with E-state index in [2.05, 4.69) is 26.1 Å². The Morgan fingerprint density at radius 2 is 2.36 bits per heavy atom. The molecule has 0 unspecified atom stereocenters. The summed E-state index contributed by atoms with van der Waals surface area (Å²) in [5.74, 6) is 0.592. The van der Waals surface area contributed by atoms with E-state index in [-0.39, 0.29) is 5.91 Å². The van der Waals surface area contributed by atoms with Crippen LogP contribution in [-0.2, 0) is 6.54 Å². The van der Waals surface area contributed by atoms with Gasteiger partial charge in [0.25, 0.3) is 5.91 Å². The molecule has 0 aromatic carbocycles. The zero-order valence-electron chi connectivity index (χ0n) is 12.1. The van der Waals surface area contributed by atoms with Crippen molar-refractivity contribution in [2.24, 2.45) is 0 Å². The molecule has 1 aliphatic carbocycles. The number of nitrogens with zero attached hydrogens (tertiary/aromatic N) is 4. The van der Waals surface area contributed by atoms with Gasteiger partial charge in [-0.3, -0.25) is 13.9 Å². The van der Waals surface area contributed by atoms with Gasteiger partial charge in [0.05, 0.1) is 0 Å². The van der Waals surface area contributed by atoms with Gasteiger partial charge in [-0.1, -0.05) is 0 Å². The van der Waals surface area contributed by atoms with E-state index in [1.54, 1.807) is 6.20 Å². The average Bonchev–Trinajstić information content (AvgIpc) is 2.93. The van der Waals surface area contributed by atoms with Gasteiger partial charge in [0.15, 0.2) is 4.96 Å². The molecule has 1 saturated carbocycles. The second-order valence-corrected chi connectivity index (χ2v) is 6.45. The van der Waals surface area contributed by atoms with Gasteiger partial charge >= 0.3 is 0 Å². The molecule has 1 N–H and O–H groups in total. The summed E-state index contributed by atoms with van der Waals surface area (Å²) in [4.78, 5) is 17.2. The van der Waals surface area contributed by atoms with Gasteiger partial charge in [-0.05, 0) is 25.3 Å². The van der Waals surface area contributed by atoms with E-state index in [9.17, 15) is 4.79 Å². The molecular formula is C15H17N5OS. The summed E-state index contributed by atoms with van der Waals surface area (Å²) in [5.41, 5.74) is 1.81. The number of aryl methyl sites for hydroxylation is 1. The predicted octanol–water partition coefficient (Wildman–Crippen LogP) is 2.29. The lowest BCUT2D eigenvalue weighted by molar-refractivity contribution is 0.0948. The monoisotopic (exact) mass is 315 g/mol. The number of carbonyl (C=O) groups excluding carboxylic acids is 1. The molecule has 22 heavy (non-hydrogen) atoms. The van der Waals surface area contributed by atoms with Crippen LogP contribution in [0.1, 0.15) is 41.4 Å². The highest BCUT2D eigenvalue weighted by atomic mass is 32.1. The van der Waals surface area contributed by atoms with Crippen LogP contribution in [0.3, 0.4) is 0 Å². The first kappa shape index (κ1) is 13.5. The van der Waals surface area contributed by atoms with Gasteiger partial charge in [0, 0.05) is 48.7 Å². The zero-order valence-corrected chi connectivity index (χ0v) is 12.9. The molecule has 114 valence electrons. The predicted molar refractivity (Wildman–Crippen MR) is 84.2 cm³/mol. The van der Waals surface area contributed by atoms with Crippen molar-refractivity contribution in [1.82, 2.24) is 24.5 Å². The van der Waals surface area contributed by atoms with Crippen LogP contribution in [0.4, 0.5) is 0 Å². The molecule has 0 atom stereocenters. The van der Waals surface area contributed by atoms with Gasteiger partial charge in [-0.15, -0.1) is 11.3 Å². The molecule has 3 heterocycles. The SMILES string of the molecule is O=C(NCCCn1nccc1C1CC1)c1cn2ccsc2n1. The van der Waals surface area contributed by atoms with Crippen LogP contribution in [0, 0.1) is 0 Å². The minimum absolute atomic E-state index is 0.112. The first-order valence-electron chi connectivity index (χ1n) is 7.53. The van der Waals surface area contributed by atoms with Gasteiger partial charge in [0.1, 0.15) is 5.69 Å². The van der Waals surface area contributed by atoms with Crippen molar-refractivity contribution in [2.45, 2.75) is 31.7 Å². The van der Waals surface area contributed by atoms with E-state index < -0.39 is 0 Å². The normalized spacial score (nSPS) is 14.5. The number of fused-ring (bicyclic) bond motifs is 1. The number of rotatable bonds is 6. The Bertz CT molecular complexity index is 769. The first-order chi connectivity index (χ1) is 10.8. The number of carbonyl (C=O) groups is 1. The fourth-order valence-electron chi connectivity index (χ4n) is 2.61. The molecule has 0 bridgehead atoms. The third-order valence-corrected chi connectivity index (χ3v) is 4.67. The summed E-state index contributed by atoms with van der Waals surface area (Å²) in [5, 5.41) is 9.24. The Kier molecular flexibility index (Phi) is 3.42. The number of amides is 1. The minimum Gasteiger partial charge on any atom is -0.351 e. The van der Waals surface area contributed by atoms with Crippen molar-refractivity contribution in [3.8, 4) is 0 Å². The molecule has 3 aromatic rings. The quantitative estimate of drug-likeness (QED) is 0.710. The number of hydrogen-bond donors (Lipinski definition) is 1. The van der Waals surface area contributed by atoms with Crippen LogP contribution in [0.25, 0.3) is 4.96 Å². The van der Waals surface area contributed by atoms with E-state index in [1.807, 2.05) is 22.2 Å². The van der Waals surface area contributed by atoms with E-state index in [1.165, 1.54) is 29.9 Å². The van der Waals surface area contributed by atoms with E-state index in [4.69, 9.17) is 0 Å². The Morgan fingerprint density at radius 1 is 1.45 bits per heavy atom. The summed E-state index contributed by atoms with van der Waals surface area (Å²) in [6.07, 6.45) is 8.96. The molecule has 0 spiro atoms. The molecule has 7 heteroatoms. The lowest BCUT2D eigenvalue weighted by atomic mass is 10.3. The number of imidazole rings is 1. The van der Waals surface area contributed by atoms with E-state index >= 15 is 0 Å². The molecular weight excluding hydrogens is 298 g/mol. The fraction of sp³-hybridized carbons (Fsp3) is 0.400. The van der Waals surface area contributed by atoms with Crippen molar-refractivity contribution in [2.75, 3.05) is 6.54 Å². The van der Waals surface area contributed by atoms with Crippen LogP contribution in [-0.4, -0.2) is 31.6 Å². The van der Waals surface area contributed by atoms with E-state index in [0.717, 1.165) is 17.9 Å². The first-order valence-corrected chi connectivity index (χ1v) is 8.41. The third kappa shape index (κ3) is 2.64. The Morgan fingerprint density at radius 3 is 3.18 bits per heavy atom. The molecule has 1 amide bonds. The smallest absolute Gasteiger partial charge is 0.271 e. The number of nitrogens with one attached hydrogen (secondary N) is 1. The van der Waals surface area contributed by atoms with Crippen molar-refractivity contribution < 1.29 is 4.79 Å². The summed E-state index contributed by atoms with van der Waals surface area (Å²) in [7, 11) is 0. The summed E-state index contributed by atoms with van der Waals surface area (Å²) in [6.45, 7) is 1.48. The second-order valence-electron chi connectivity index (χ2n) is 5.58. The third-order valence-electron chi connectivity index (χ3n) is 3.90. The minimum atomic E-state index is -0.112. The van der Waals surface area contributed by atoms with Crippen molar-refractivity contribution in [3.63, 3.8) is 0 Å². The number of hydrogen-bond acceptors (Lipinski definition) is 4. The van der Waals surface area contributed by atoms with Crippen LogP contribution in [0.15, 0.2) is 30.0 Å². The van der Waals surface area contributed by atoms with Gasteiger partial charge in [-0.25, -0.2) is 4.98 Å². The maximum atomic E-state index is 12.1. The Hall–Kier alpha value is -2.15. The molecule has 0 saturated heterocycles. The average molecular weight is 315 g/mol. The van der Waals surface area contributed by atoms with Gasteiger partial charge in [-0.2, -0.15) is 5.10 Å². The standard InChI is InChI=1S/C15H17N5OS/c21-14(12-10-19-8-9-22-15(19)18-12)16-5-1-7-20-13(4-6-17-20)11-2-3-11/h4,6,8-11H,1-3,5,7H2,(H,16,21). The largest absolute Gasteiger partial charge is 0.351 e.